The van der Waals surface area contributed by atoms with Gasteiger partial charge < -0.3 is 5.11 Å². The average molecular weight is 293 g/mol. The predicted octanol–water partition coefficient (Wildman–Crippen LogP) is 5.08. The highest BCUT2D eigenvalue weighted by atomic mass is 35.5. The van der Waals surface area contributed by atoms with E-state index in [1.54, 1.807) is 11.8 Å². The van der Waals surface area contributed by atoms with Crippen molar-refractivity contribution < 1.29 is 5.11 Å². The fourth-order valence-corrected chi connectivity index (χ4v) is 3.27. The Bertz CT molecular complexity index is 542. The Kier molecular flexibility index (Phi) is 5.32. The zero-order valence-electron chi connectivity index (χ0n) is 10.8. The summed E-state index contributed by atoms with van der Waals surface area (Å²) in [6, 6.07) is 15.9. The Morgan fingerprint density at radius 3 is 2.53 bits per heavy atom. The van der Waals surface area contributed by atoms with Crippen molar-refractivity contribution >= 4 is 23.4 Å². The smallest absolute Gasteiger partial charge is 0.0798 e. The first-order chi connectivity index (χ1) is 9.22. The summed E-state index contributed by atoms with van der Waals surface area (Å²) in [5.41, 5.74) is 2.12. The number of benzene rings is 2. The van der Waals surface area contributed by atoms with Gasteiger partial charge in [0.2, 0.25) is 0 Å². The Morgan fingerprint density at radius 2 is 1.79 bits per heavy atom. The van der Waals surface area contributed by atoms with Crippen molar-refractivity contribution in [3.8, 4) is 0 Å². The minimum absolute atomic E-state index is 0.394. The van der Waals surface area contributed by atoms with Crippen molar-refractivity contribution in [2.75, 3.05) is 0 Å². The second-order valence-electron chi connectivity index (χ2n) is 4.34. The highest BCUT2D eigenvalue weighted by Gasteiger charge is 2.10. The first-order valence-electron chi connectivity index (χ1n) is 6.35. The van der Waals surface area contributed by atoms with Crippen LogP contribution in [0.3, 0.4) is 0 Å². The monoisotopic (exact) mass is 292 g/mol. The van der Waals surface area contributed by atoms with Gasteiger partial charge in [0.05, 0.1) is 6.10 Å². The van der Waals surface area contributed by atoms with Crippen LogP contribution in [0.4, 0.5) is 0 Å². The van der Waals surface area contributed by atoms with Crippen molar-refractivity contribution in [1.29, 1.82) is 0 Å². The molecule has 0 radical (unpaired) electrons. The van der Waals surface area contributed by atoms with Gasteiger partial charge >= 0.3 is 0 Å². The lowest BCUT2D eigenvalue weighted by Gasteiger charge is -2.13. The number of hydrogen-bond acceptors (Lipinski definition) is 2. The molecule has 2 rings (SSSR count). The molecule has 19 heavy (non-hydrogen) atoms. The summed E-state index contributed by atoms with van der Waals surface area (Å²) in [4.78, 5) is 1.12. The van der Waals surface area contributed by atoms with Crippen LogP contribution in [0.1, 0.15) is 30.6 Å². The van der Waals surface area contributed by atoms with E-state index in [-0.39, 0.29) is 0 Å². The summed E-state index contributed by atoms with van der Waals surface area (Å²) in [5.74, 6) is 0.813. The second kappa shape index (κ2) is 6.99. The SMILES string of the molecule is CC[C@@H](O)c1ccccc1SCc1ccccc1Cl. The van der Waals surface area contributed by atoms with Crippen LogP contribution in [0.5, 0.6) is 0 Å². The van der Waals surface area contributed by atoms with E-state index < -0.39 is 6.10 Å². The first-order valence-corrected chi connectivity index (χ1v) is 7.72. The molecule has 100 valence electrons. The molecule has 0 spiro atoms. The van der Waals surface area contributed by atoms with E-state index in [0.717, 1.165) is 33.2 Å². The first kappa shape index (κ1) is 14.4. The van der Waals surface area contributed by atoms with Gasteiger partial charge in [0, 0.05) is 15.7 Å². The van der Waals surface area contributed by atoms with E-state index in [0.29, 0.717) is 0 Å². The number of thioether (sulfide) groups is 1. The van der Waals surface area contributed by atoms with Crippen molar-refractivity contribution in [3.05, 3.63) is 64.7 Å². The molecule has 0 heterocycles. The van der Waals surface area contributed by atoms with Crippen LogP contribution in [-0.2, 0) is 5.75 Å². The predicted molar refractivity (Wildman–Crippen MR) is 82.7 cm³/mol. The third-order valence-electron chi connectivity index (χ3n) is 3.01. The topological polar surface area (TPSA) is 20.2 Å². The standard InChI is InChI=1S/C16H17ClOS/c1-2-15(18)13-8-4-6-10-16(13)19-11-12-7-3-5-9-14(12)17/h3-10,15,18H,2,11H2,1H3/t15-/m1/s1. The normalized spacial score (nSPS) is 12.4. The van der Waals surface area contributed by atoms with Crippen LogP contribution in [-0.4, -0.2) is 5.11 Å². The molecule has 2 aromatic carbocycles. The quantitative estimate of drug-likeness (QED) is 0.776. The Morgan fingerprint density at radius 1 is 1.11 bits per heavy atom. The summed E-state index contributed by atoms with van der Waals surface area (Å²) >= 11 is 7.87. The van der Waals surface area contributed by atoms with Gasteiger partial charge in [0.25, 0.3) is 0 Å². The Balaban J connectivity index is 2.14. The highest BCUT2D eigenvalue weighted by molar-refractivity contribution is 7.98. The fraction of sp³-hybridized carbons (Fsp3) is 0.250. The lowest BCUT2D eigenvalue weighted by atomic mass is 10.1. The zero-order valence-corrected chi connectivity index (χ0v) is 12.4. The molecule has 0 aliphatic rings. The van der Waals surface area contributed by atoms with Crippen LogP contribution in [0.2, 0.25) is 5.02 Å². The summed E-state index contributed by atoms with van der Waals surface area (Å²) in [6.45, 7) is 1.99. The van der Waals surface area contributed by atoms with E-state index in [4.69, 9.17) is 11.6 Å². The van der Waals surface area contributed by atoms with Gasteiger partial charge in [-0.25, -0.2) is 0 Å². The average Bonchev–Trinajstić information content (AvgIpc) is 2.46. The molecule has 1 atom stereocenters. The molecular formula is C16H17ClOS. The van der Waals surface area contributed by atoms with E-state index >= 15 is 0 Å². The van der Waals surface area contributed by atoms with Gasteiger partial charge in [-0.1, -0.05) is 54.9 Å². The van der Waals surface area contributed by atoms with Crippen LogP contribution >= 0.6 is 23.4 Å². The number of aliphatic hydroxyl groups excluding tert-OH is 1. The molecule has 0 aromatic heterocycles. The third-order valence-corrected chi connectivity index (χ3v) is 4.51. The molecule has 0 saturated heterocycles. The number of hydrogen-bond donors (Lipinski definition) is 1. The minimum atomic E-state index is -0.394. The van der Waals surface area contributed by atoms with E-state index in [9.17, 15) is 5.11 Å². The largest absolute Gasteiger partial charge is 0.388 e. The van der Waals surface area contributed by atoms with Gasteiger partial charge in [0.15, 0.2) is 0 Å². The maximum atomic E-state index is 10.0. The van der Waals surface area contributed by atoms with Gasteiger partial charge in [-0.2, -0.15) is 0 Å². The maximum absolute atomic E-state index is 10.0. The van der Waals surface area contributed by atoms with Gasteiger partial charge in [-0.05, 0) is 29.7 Å². The van der Waals surface area contributed by atoms with Crippen molar-refractivity contribution in [2.24, 2.45) is 0 Å². The maximum Gasteiger partial charge on any atom is 0.0798 e. The Hall–Kier alpha value is -0.960. The summed E-state index contributed by atoms with van der Waals surface area (Å²) in [6.07, 6.45) is 0.332. The number of halogens is 1. The fourth-order valence-electron chi connectivity index (χ4n) is 1.88. The summed E-state index contributed by atoms with van der Waals surface area (Å²) < 4.78 is 0. The van der Waals surface area contributed by atoms with Crippen LogP contribution < -0.4 is 0 Å². The molecule has 2 aromatic rings. The van der Waals surface area contributed by atoms with Crippen LogP contribution in [0, 0.1) is 0 Å². The molecule has 3 heteroatoms. The molecule has 0 amide bonds. The third kappa shape index (κ3) is 3.75. The second-order valence-corrected chi connectivity index (χ2v) is 5.77. The highest BCUT2D eigenvalue weighted by Crippen LogP contribution is 2.32. The van der Waals surface area contributed by atoms with E-state index in [2.05, 4.69) is 6.07 Å². The Labute approximate surface area is 123 Å². The lowest BCUT2D eigenvalue weighted by Crippen LogP contribution is -1.97. The van der Waals surface area contributed by atoms with Crippen molar-refractivity contribution in [2.45, 2.75) is 30.1 Å². The van der Waals surface area contributed by atoms with Gasteiger partial charge in [-0.15, -0.1) is 11.8 Å². The van der Waals surface area contributed by atoms with Gasteiger partial charge in [-0.3, -0.25) is 0 Å². The van der Waals surface area contributed by atoms with Crippen molar-refractivity contribution in [3.63, 3.8) is 0 Å². The minimum Gasteiger partial charge on any atom is -0.388 e. The molecule has 0 saturated carbocycles. The van der Waals surface area contributed by atoms with E-state index in [1.807, 2.05) is 49.4 Å². The van der Waals surface area contributed by atoms with Gasteiger partial charge in [0.1, 0.15) is 0 Å². The molecule has 1 N–H and O–H groups in total. The molecule has 1 nitrogen and oxygen atoms in total. The lowest BCUT2D eigenvalue weighted by molar-refractivity contribution is 0.171. The molecule has 0 bridgehead atoms. The number of rotatable bonds is 5. The molecule has 0 fully saturated rings. The van der Waals surface area contributed by atoms with Crippen LogP contribution in [0.25, 0.3) is 0 Å². The molecule has 0 aliphatic heterocycles. The molecule has 0 unspecified atom stereocenters. The zero-order chi connectivity index (χ0) is 13.7. The van der Waals surface area contributed by atoms with Crippen molar-refractivity contribution in [1.82, 2.24) is 0 Å². The summed E-state index contributed by atoms with van der Waals surface area (Å²) in [5, 5.41) is 10.8. The van der Waals surface area contributed by atoms with Crippen LogP contribution in [0.15, 0.2) is 53.4 Å². The molecule has 0 aliphatic carbocycles. The number of aliphatic hydroxyl groups is 1. The summed E-state index contributed by atoms with van der Waals surface area (Å²) in [7, 11) is 0. The molecular weight excluding hydrogens is 276 g/mol. The van der Waals surface area contributed by atoms with E-state index in [1.165, 1.54) is 0 Å².